The van der Waals surface area contributed by atoms with Crippen LogP contribution in [-0.4, -0.2) is 23.5 Å². The van der Waals surface area contributed by atoms with E-state index in [0.29, 0.717) is 11.5 Å². The Balaban J connectivity index is 1.96. The van der Waals surface area contributed by atoms with E-state index >= 15 is 0 Å². The lowest BCUT2D eigenvalue weighted by molar-refractivity contribution is -0.125. The first-order chi connectivity index (χ1) is 12.4. The molecule has 1 aromatic carbocycles. The number of pyridine rings is 1. The fourth-order valence-electron chi connectivity index (χ4n) is 2.64. The van der Waals surface area contributed by atoms with E-state index in [1.807, 2.05) is 26.0 Å². The largest absolute Gasteiger partial charge is 0.452 e. The van der Waals surface area contributed by atoms with Crippen molar-refractivity contribution in [1.82, 2.24) is 10.3 Å². The summed E-state index contributed by atoms with van der Waals surface area (Å²) in [5.41, 5.74) is 2.62. The normalized spacial score (nSPS) is 12.1. The summed E-state index contributed by atoms with van der Waals surface area (Å²) in [7, 11) is 0. The van der Waals surface area contributed by atoms with Crippen molar-refractivity contribution in [1.29, 1.82) is 0 Å². The monoisotopic (exact) mass is 354 g/mol. The third kappa shape index (κ3) is 5.41. The van der Waals surface area contributed by atoms with Crippen LogP contribution >= 0.6 is 0 Å². The number of nitrogens with zero attached hydrogens (tertiary/aromatic N) is 1. The van der Waals surface area contributed by atoms with Crippen LogP contribution < -0.4 is 5.32 Å². The maximum Gasteiger partial charge on any atom is 0.340 e. The van der Waals surface area contributed by atoms with Crippen LogP contribution in [0.3, 0.4) is 0 Å². The highest BCUT2D eigenvalue weighted by molar-refractivity contribution is 5.91. The summed E-state index contributed by atoms with van der Waals surface area (Å²) >= 11 is 0. The van der Waals surface area contributed by atoms with Crippen molar-refractivity contribution in [2.45, 2.75) is 39.7 Å². The molecule has 0 aliphatic carbocycles. The van der Waals surface area contributed by atoms with E-state index in [1.165, 1.54) is 11.8 Å². The fraction of sp³-hybridized carbons (Fsp3) is 0.381. The van der Waals surface area contributed by atoms with Crippen LogP contribution in [0.2, 0.25) is 0 Å². The molecule has 0 saturated heterocycles. The Kier molecular flexibility index (Phi) is 6.89. The van der Waals surface area contributed by atoms with Gasteiger partial charge in [-0.15, -0.1) is 0 Å². The Morgan fingerprint density at radius 2 is 1.69 bits per heavy atom. The molecule has 0 radical (unpaired) electrons. The number of aromatic nitrogens is 1. The van der Waals surface area contributed by atoms with Crippen LogP contribution in [0.15, 0.2) is 48.8 Å². The van der Waals surface area contributed by atoms with E-state index in [-0.39, 0.29) is 24.5 Å². The molecule has 5 nitrogen and oxygen atoms in total. The first kappa shape index (κ1) is 19.6. The van der Waals surface area contributed by atoms with Gasteiger partial charge in [0.15, 0.2) is 6.61 Å². The minimum Gasteiger partial charge on any atom is -0.452 e. The van der Waals surface area contributed by atoms with Crippen molar-refractivity contribution < 1.29 is 14.3 Å². The summed E-state index contributed by atoms with van der Waals surface area (Å²) in [5.74, 6) is -0.217. The number of rotatable bonds is 7. The molecule has 138 valence electrons. The Bertz CT molecular complexity index is 725. The molecule has 1 amide bonds. The zero-order valence-electron chi connectivity index (χ0n) is 15.7. The van der Waals surface area contributed by atoms with Gasteiger partial charge in [-0.05, 0) is 35.1 Å². The summed E-state index contributed by atoms with van der Waals surface area (Å²) < 4.78 is 5.07. The lowest BCUT2D eigenvalue weighted by Gasteiger charge is -2.23. The minimum atomic E-state index is -0.560. The first-order valence-electron chi connectivity index (χ1n) is 8.85. The molecular weight excluding hydrogens is 328 g/mol. The Morgan fingerprint density at radius 3 is 2.23 bits per heavy atom. The third-order valence-corrected chi connectivity index (χ3v) is 4.18. The van der Waals surface area contributed by atoms with Crippen LogP contribution in [0.25, 0.3) is 0 Å². The molecule has 0 saturated carbocycles. The molecule has 0 unspecified atom stereocenters. The number of esters is 1. The van der Waals surface area contributed by atoms with Gasteiger partial charge in [0.1, 0.15) is 0 Å². The van der Waals surface area contributed by atoms with E-state index in [9.17, 15) is 9.59 Å². The second kappa shape index (κ2) is 9.13. The number of benzene rings is 1. The molecule has 0 spiro atoms. The van der Waals surface area contributed by atoms with Gasteiger partial charge in [0, 0.05) is 12.4 Å². The van der Waals surface area contributed by atoms with Gasteiger partial charge in [-0.3, -0.25) is 9.78 Å². The van der Waals surface area contributed by atoms with Gasteiger partial charge in [-0.25, -0.2) is 4.79 Å². The molecule has 1 atom stereocenters. The summed E-state index contributed by atoms with van der Waals surface area (Å²) in [5, 5.41) is 2.96. The average molecular weight is 354 g/mol. The van der Waals surface area contributed by atoms with Crippen LogP contribution in [0.1, 0.15) is 61.1 Å². The quantitative estimate of drug-likeness (QED) is 0.766. The first-order valence-corrected chi connectivity index (χ1v) is 8.85. The minimum absolute atomic E-state index is 0.138. The number of ether oxygens (including phenoxy) is 1. The third-order valence-electron chi connectivity index (χ3n) is 4.18. The summed E-state index contributed by atoms with van der Waals surface area (Å²) in [6.07, 6.45) is 2.98. The lowest BCUT2D eigenvalue weighted by atomic mass is 9.93. The standard InChI is InChI=1S/C21H26N2O3/c1-14(2)16-7-9-17(10-8-16)20(15(3)4)23-19(24)13-26-21(25)18-6-5-11-22-12-18/h5-12,14-15,20H,13H2,1-4H3,(H,23,24)/t20-/m1/s1. The summed E-state index contributed by atoms with van der Waals surface area (Å²) in [6, 6.07) is 11.4. The van der Waals surface area contributed by atoms with Crippen LogP contribution in [-0.2, 0) is 9.53 Å². The topological polar surface area (TPSA) is 68.3 Å². The molecule has 1 heterocycles. The van der Waals surface area contributed by atoms with Gasteiger partial charge in [0.2, 0.25) is 0 Å². The second-order valence-corrected chi connectivity index (χ2v) is 6.93. The smallest absolute Gasteiger partial charge is 0.340 e. The number of carbonyl (C=O) groups excluding carboxylic acids is 2. The molecule has 5 heteroatoms. The van der Waals surface area contributed by atoms with Gasteiger partial charge in [0.25, 0.3) is 5.91 Å². The SMILES string of the molecule is CC(C)c1ccc([C@H](NC(=O)COC(=O)c2cccnc2)C(C)C)cc1. The van der Waals surface area contributed by atoms with E-state index < -0.39 is 5.97 Å². The number of nitrogens with one attached hydrogen (secondary N) is 1. The number of carbonyl (C=O) groups is 2. The van der Waals surface area contributed by atoms with E-state index in [2.05, 4.69) is 36.3 Å². The number of amides is 1. The van der Waals surface area contributed by atoms with Crippen LogP contribution in [0, 0.1) is 5.92 Å². The van der Waals surface area contributed by atoms with Gasteiger partial charge < -0.3 is 10.1 Å². The number of hydrogen-bond donors (Lipinski definition) is 1. The van der Waals surface area contributed by atoms with E-state index in [1.54, 1.807) is 18.3 Å². The molecule has 1 aromatic heterocycles. The van der Waals surface area contributed by atoms with E-state index in [4.69, 9.17) is 4.74 Å². The highest BCUT2D eigenvalue weighted by Gasteiger charge is 2.19. The molecule has 0 fully saturated rings. The van der Waals surface area contributed by atoms with Gasteiger partial charge in [0.05, 0.1) is 11.6 Å². The predicted molar refractivity (Wildman–Crippen MR) is 101 cm³/mol. The van der Waals surface area contributed by atoms with Gasteiger partial charge in [-0.1, -0.05) is 52.0 Å². The average Bonchev–Trinajstić information content (AvgIpc) is 2.64. The summed E-state index contributed by atoms with van der Waals surface area (Å²) in [6.45, 7) is 8.06. The molecule has 26 heavy (non-hydrogen) atoms. The van der Waals surface area contributed by atoms with E-state index in [0.717, 1.165) is 5.56 Å². The molecular formula is C21H26N2O3. The van der Waals surface area contributed by atoms with Crippen molar-refractivity contribution in [3.63, 3.8) is 0 Å². The van der Waals surface area contributed by atoms with Crippen molar-refractivity contribution in [2.24, 2.45) is 5.92 Å². The van der Waals surface area contributed by atoms with Crippen LogP contribution in [0.5, 0.6) is 0 Å². The Hall–Kier alpha value is -2.69. The summed E-state index contributed by atoms with van der Waals surface area (Å²) in [4.78, 5) is 28.0. The van der Waals surface area contributed by atoms with Gasteiger partial charge >= 0.3 is 5.97 Å². The maximum atomic E-state index is 12.2. The second-order valence-electron chi connectivity index (χ2n) is 6.93. The maximum absolute atomic E-state index is 12.2. The highest BCUT2D eigenvalue weighted by Crippen LogP contribution is 2.24. The van der Waals surface area contributed by atoms with Gasteiger partial charge in [-0.2, -0.15) is 0 Å². The van der Waals surface area contributed by atoms with Crippen LogP contribution in [0.4, 0.5) is 0 Å². The fourth-order valence-corrected chi connectivity index (χ4v) is 2.64. The number of hydrogen-bond acceptors (Lipinski definition) is 4. The van der Waals surface area contributed by atoms with Crippen molar-refractivity contribution >= 4 is 11.9 Å². The molecule has 2 rings (SSSR count). The Labute approximate surface area is 154 Å². The van der Waals surface area contributed by atoms with Crippen molar-refractivity contribution in [3.8, 4) is 0 Å². The zero-order chi connectivity index (χ0) is 19.1. The lowest BCUT2D eigenvalue weighted by Crippen LogP contribution is -2.35. The molecule has 2 aromatic rings. The van der Waals surface area contributed by atoms with Crippen molar-refractivity contribution in [3.05, 3.63) is 65.5 Å². The molecule has 0 aliphatic rings. The highest BCUT2D eigenvalue weighted by atomic mass is 16.5. The molecule has 0 aliphatic heterocycles. The predicted octanol–water partition coefficient (Wildman–Crippen LogP) is 3.88. The molecule has 0 bridgehead atoms. The van der Waals surface area contributed by atoms with Crippen molar-refractivity contribution in [2.75, 3.05) is 6.61 Å². The Morgan fingerprint density at radius 1 is 1.04 bits per heavy atom. The molecule has 1 N–H and O–H groups in total. The zero-order valence-corrected chi connectivity index (χ0v) is 15.7.